The van der Waals surface area contributed by atoms with Crippen LogP contribution in [0.15, 0.2) is 0 Å². The molecule has 2 N–H and O–H groups in total. The molecule has 0 aliphatic rings. The van der Waals surface area contributed by atoms with Crippen LogP contribution in [0.5, 0.6) is 0 Å². The molecule has 0 aromatic heterocycles. The van der Waals surface area contributed by atoms with Crippen molar-refractivity contribution < 1.29 is 5.48 Å². The molecule has 26 valence electrons. The molecular formula is H10BBaBiO. The molecule has 0 atom stereocenters. The van der Waals surface area contributed by atoms with E-state index < -0.39 is 0 Å². The van der Waals surface area contributed by atoms with Crippen molar-refractivity contribution in [3.05, 3.63) is 0 Å². The standard InChI is InChI=1S/BH3.Ba.Bi.H2O.5H/h1H3;;;1H2;;;;;. The van der Waals surface area contributed by atoms with Gasteiger partial charge in [-0.2, -0.15) is 0 Å². The SMILES string of the molecule is B.O.[BaH2].[BiH3]. The van der Waals surface area contributed by atoms with Crippen LogP contribution < -0.4 is 0 Å². The van der Waals surface area contributed by atoms with Crippen LogP contribution in [-0.4, -0.2) is 89.0 Å². The molecule has 0 saturated carbocycles. The van der Waals surface area contributed by atoms with Crippen molar-refractivity contribution in [3.8, 4) is 0 Å². The van der Waals surface area contributed by atoms with Gasteiger partial charge in [0.1, 0.15) is 0 Å². The molecule has 0 fully saturated rings. The summed E-state index contributed by atoms with van der Waals surface area (Å²) in [5, 5.41) is 0. The van der Waals surface area contributed by atoms with E-state index in [0.29, 0.717) is 0 Å². The van der Waals surface area contributed by atoms with Gasteiger partial charge in [-0.3, -0.25) is 0 Å². The van der Waals surface area contributed by atoms with Gasteiger partial charge in [0.05, 0.1) is 8.41 Å². The van der Waals surface area contributed by atoms with E-state index in [1.165, 1.54) is 0 Å². The van der Waals surface area contributed by atoms with Gasteiger partial charge in [-0.25, -0.2) is 0 Å². The monoisotopic (exact) mass is 384 g/mol. The molecule has 0 spiro atoms. The first kappa shape index (κ1) is 31.6. The quantitative estimate of drug-likeness (QED) is 0.381. The molecule has 0 heterocycles. The summed E-state index contributed by atoms with van der Waals surface area (Å²) < 4.78 is 0. The van der Waals surface area contributed by atoms with Crippen LogP contribution >= 0.6 is 0 Å². The van der Waals surface area contributed by atoms with Gasteiger partial charge >= 0.3 is 75.1 Å². The van der Waals surface area contributed by atoms with Gasteiger partial charge in [-0.05, 0) is 0 Å². The summed E-state index contributed by atoms with van der Waals surface area (Å²) in [6.07, 6.45) is 0. The van der Waals surface area contributed by atoms with Crippen molar-refractivity contribution in [2.75, 3.05) is 0 Å². The van der Waals surface area contributed by atoms with Gasteiger partial charge in [0.25, 0.3) is 0 Å². The first-order valence-electron chi connectivity index (χ1n) is 0. The molecule has 4 heavy (non-hydrogen) atoms. The van der Waals surface area contributed by atoms with Gasteiger partial charge in [0.15, 0.2) is 0 Å². The fourth-order valence-electron chi connectivity index (χ4n) is 0. The van der Waals surface area contributed by atoms with Gasteiger partial charge in [-0.1, -0.05) is 0 Å². The Bertz CT molecular complexity index is 8.00. The minimum atomic E-state index is 0. The minimum absolute atomic E-state index is 0. The molecule has 0 saturated heterocycles. The Balaban J connectivity index is 0. The molecule has 0 rings (SSSR count). The van der Waals surface area contributed by atoms with Crippen molar-refractivity contribution >= 4 is 83.5 Å². The van der Waals surface area contributed by atoms with Crippen molar-refractivity contribution in [2.24, 2.45) is 0 Å². The first-order chi connectivity index (χ1) is 0. The van der Waals surface area contributed by atoms with E-state index >= 15 is 0 Å². The van der Waals surface area contributed by atoms with Gasteiger partial charge in [0, 0.05) is 0 Å². The van der Waals surface area contributed by atoms with Crippen molar-refractivity contribution in [1.82, 2.24) is 0 Å². The Morgan fingerprint density at radius 2 is 1.00 bits per heavy atom. The number of rotatable bonds is 0. The van der Waals surface area contributed by atoms with E-state index in [0.717, 1.165) is 0 Å². The Labute approximate surface area is 87.0 Å². The zero-order valence-corrected chi connectivity index (χ0v) is 6.70. The molecule has 1 nitrogen and oxygen atoms in total. The Hall–Kier alpha value is 2.48. The first-order valence-corrected chi connectivity index (χ1v) is 0. The average Bonchev–Trinajstić information content (AvgIpc) is 0. The second-order valence-corrected chi connectivity index (χ2v) is 0. The van der Waals surface area contributed by atoms with Crippen LogP contribution in [0, 0.1) is 0 Å². The molecule has 4 heteroatoms. The fraction of sp³-hybridized carbons (Fsp3) is 0. The zero-order chi connectivity index (χ0) is 0. The zero-order valence-electron chi connectivity index (χ0n) is 1.21. The second kappa shape index (κ2) is 17.9. The Morgan fingerprint density at radius 3 is 1.00 bits per heavy atom. The summed E-state index contributed by atoms with van der Waals surface area (Å²) in [6, 6.07) is 0. The Morgan fingerprint density at radius 1 is 1.00 bits per heavy atom. The third-order valence-corrected chi connectivity index (χ3v) is 0. The summed E-state index contributed by atoms with van der Waals surface area (Å²) >= 11 is 0. The van der Waals surface area contributed by atoms with Gasteiger partial charge < -0.3 is 5.48 Å². The molecule has 0 radical (unpaired) electrons. The molecular weight excluding hydrogens is 373 g/mol. The topological polar surface area (TPSA) is 31.5 Å². The fourth-order valence-corrected chi connectivity index (χ4v) is 0. The molecule has 0 bridgehead atoms. The molecule has 0 aliphatic carbocycles. The van der Waals surface area contributed by atoms with Crippen LogP contribution in [0.3, 0.4) is 0 Å². The van der Waals surface area contributed by atoms with Gasteiger partial charge in [0.2, 0.25) is 0 Å². The van der Waals surface area contributed by atoms with E-state index in [1.54, 1.807) is 0 Å². The summed E-state index contributed by atoms with van der Waals surface area (Å²) in [6.45, 7) is 0. The predicted octanol–water partition coefficient (Wildman–Crippen LogP) is -4.11. The summed E-state index contributed by atoms with van der Waals surface area (Å²) in [5.74, 6) is 0. The number of hydrogen-bond donors (Lipinski definition) is 0. The number of hydrogen-bond acceptors (Lipinski definition) is 0. The Kier molecular flexibility index (Phi) is 141. The van der Waals surface area contributed by atoms with Crippen molar-refractivity contribution in [2.45, 2.75) is 0 Å². The van der Waals surface area contributed by atoms with Crippen LogP contribution in [0.1, 0.15) is 0 Å². The van der Waals surface area contributed by atoms with Crippen LogP contribution in [0.25, 0.3) is 0 Å². The maximum atomic E-state index is 0. The summed E-state index contributed by atoms with van der Waals surface area (Å²) in [5.41, 5.74) is 0. The van der Waals surface area contributed by atoms with Crippen LogP contribution in [-0.2, 0) is 0 Å². The van der Waals surface area contributed by atoms with Crippen molar-refractivity contribution in [3.63, 3.8) is 0 Å². The second-order valence-electron chi connectivity index (χ2n) is 0. The molecule has 0 amide bonds. The normalized spacial score (nSPS) is 0. The van der Waals surface area contributed by atoms with E-state index in [-0.39, 0.29) is 89.0 Å². The molecule has 0 aliphatic heterocycles. The summed E-state index contributed by atoms with van der Waals surface area (Å²) in [7, 11) is 0. The van der Waals surface area contributed by atoms with Crippen LogP contribution in [0.4, 0.5) is 0 Å². The maximum absolute atomic E-state index is 0. The third-order valence-electron chi connectivity index (χ3n) is 0. The van der Waals surface area contributed by atoms with Crippen LogP contribution in [0.2, 0.25) is 0 Å². The van der Waals surface area contributed by atoms with E-state index in [2.05, 4.69) is 0 Å². The predicted molar refractivity (Wildman–Crippen MR) is 32.0 cm³/mol. The summed E-state index contributed by atoms with van der Waals surface area (Å²) in [4.78, 5) is 0. The van der Waals surface area contributed by atoms with Crippen molar-refractivity contribution in [1.29, 1.82) is 0 Å². The molecule has 0 unspecified atom stereocenters. The van der Waals surface area contributed by atoms with E-state index in [4.69, 9.17) is 0 Å². The third kappa shape index (κ3) is 8.82. The van der Waals surface area contributed by atoms with E-state index in [1.807, 2.05) is 0 Å². The van der Waals surface area contributed by atoms with E-state index in [9.17, 15) is 0 Å². The average molecular weight is 383 g/mol. The molecule has 0 aromatic rings. The van der Waals surface area contributed by atoms with Gasteiger partial charge in [-0.15, -0.1) is 0 Å². The molecule has 0 aromatic carbocycles.